The number of esters is 1. The van der Waals surface area contributed by atoms with Gasteiger partial charge in [-0.1, -0.05) is 42.5 Å². The van der Waals surface area contributed by atoms with Crippen LogP contribution in [0.1, 0.15) is 22.0 Å². The predicted octanol–water partition coefficient (Wildman–Crippen LogP) is 3.59. The van der Waals surface area contributed by atoms with Crippen LogP contribution in [0.5, 0.6) is 11.5 Å². The Morgan fingerprint density at radius 2 is 1.81 bits per heavy atom. The fourth-order valence-electron chi connectivity index (χ4n) is 3.72. The maximum Gasteiger partial charge on any atom is 0.327 e. The van der Waals surface area contributed by atoms with Gasteiger partial charge in [-0.25, -0.2) is 4.79 Å². The van der Waals surface area contributed by atoms with E-state index in [4.69, 9.17) is 25.8 Å². The number of hydrogen-bond donors (Lipinski definition) is 0. The molecule has 1 heterocycles. The first kappa shape index (κ1) is 23.6. The molecule has 1 aliphatic heterocycles. The summed E-state index contributed by atoms with van der Waals surface area (Å²) < 4.78 is 16.0. The second-order valence-electron chi connectivity index (χ2n) is 7.24. The molecule has 0 radical (unpaired) electrons. The number of amides is 1. The van der Waals surface area contributed by atoms with Crippen molar-refractivity contribution in [2.24, 2.45) is 0 Å². The molecule has 0 aliphatic carbocycles. The van der Waals surface area contributed by atoms with E-state index in [0.29, 0.717) is 60.4 Å². The van der Waals surface area contributed by atoms with Gasteiger partial charge in [0, 0.05) is 36.8 Å². The number of carbonyl (C=O) groups is 2. The summed E-state index contributed by atoms with van der Waals surface area (Å²) >= 11 is 6.34. The van der Waals surface area contributed by atoms with Crippen LogP contribution < -0.4 is 9.47 Å². The highest BCUT2D eigenvalue weighted by Gasteiger charge is 2.33. The summed E-state index contributed by atoms with van der Waals surface area (Å²) in [6.45, 7) is 5.92. The third-order valence-electron chi connectivity index (χ3n) is 5.36. The van der Waals surface area contributed by atoms with Crippen molar-refractivity contribution in [2.75, 3.05) is 47.0 Å². The standard InChI is InChI=1S/C24H27ClN2O5/c1-4-15-32-20-10-9-17(16-21(20)30-2)23(28)27-13-11-26(12-14-27)22(24(29)31-3)18-7-5-6-8-19(18)25/h4-10,16,22H,1,11-15H2,2-3H3. The summed E-state index contributed by atoms with van der Waals surface area (Å²) in [4.78, 5) is 29.4. The van der Waals surface area contributed by atoms with Crippen molar-refractivity contribution in [3.05, 3.63) is 71.3 Å². The molecule has 1 unspecified atom stereocenters. The van der Waals surface area contributed by atoms with Gasteiger partial charge in [0.2, 0.25) is 0 Å². The van der Waals surface area contributed by atoms with Crippen LogP contribution in [0.3, 0.4) is 0 Å². The van der Waals surface area contributed by atoms with Crippen molar-refractivity contribution >= 4 is 23.5 Å². The third-order valence-corrected chi connectivity index (χ3v) is 5.70. The Bertz CT molecular complexity index is 973. The van der Waals surface area contributed by atoms with Gasteiger partial charge in [0.05, 0.1) is 14.2 Å². The summed E-state index contributed by atoms with van der Waals surface area (Å²) in [6.07, 6.45) is 1.64. The molecular formula is C24H27ClN2O5. The van der Waals surface area contributed by atoms with Crippen molar-refractivity contribution in [2.45, 2.75) is 6.04 Å². The molecule has 1 atom stereocenters. The molecule has 0 aromatic heterocycles. The Labute approximate surface area is 193 Å². The Balaban J connectivity index is 1.71. The number of halogens is 1. The molecule has 32 heavy (non-hydrogen) atoms. The van der Waals surface area contributed by atoms with Gasteiger partial charge in [-0.2, -0.15) is 0 Å². The minimum Gasteiger partial charge on any atom is -0.493 e. The molecule has 3 rings (SSSR count). The first-order valence-corrected chi connectivity index (χ1v) is 10.6. The van der Waals surface area contributed by atoms with E-state index in [2.05, 4.69) is 6.58 Å². The topological polar surface area (TPSA) is 68.3 Å². The Morgan fingerprint density at radius 3 is 2.44 bits per heavy atom. The minimum atomic E-state index is -0.618. The molecule has 0 bridgehead atoms. The van der Waals surface area contributed by atoms with Crippen LogP contribution in [0.15, 0.2) is 55.1 Å². The van der Waals surface area contributed by atoms with Crippen LogP contribution >= 0.6 is 11.6 Å². The first-order valence-electron chi connectivity index (χ1n) is 10.3. The lowest BCUT2D eigenvalue weighted by Crippen LogP contribution is -2.51. The van der Waals surface area contributed by atoms with Crippen LogP contribution in [0.4, 0.5) is 0 Å². The van der Waals surface area contributed by atoms with E-state index < -0.39 is 6.04 Å². The van der Waals surface area contributed by atoms with Crippen molar-refractivity contribution < 1.29 is 23.8 Å². The lowest BCUT2D eigenvalue weighted by atomic mass is 10.0. The van der Waals surface area contributed by atoms with Crippen LogP contribution in [-0.2, 0) is 9.53 Å². The van der Waals surface area contributed by atoms with E-state index in [1.807, 2.05) is 23.1 Å². The Kier molecular flexibility index (Phi) is 8.14. The molecule has 0 spiro atoms. The second-order valence-corrected chi connectivity index (χ2v) is 7.65. The maximum absolute atomic E-state index is 13.1. The van der Waals surface area contributed by atoms with E-state index in [1.54, 1.807) is 35.2 Å². The van der Waals surface area contributed by atoms with Gasteiger partial charge < -0.3 is 19.1 Å². The summed E-state index contributed by atoms with van der Waals surface area (Å²) in [5, 5.41) is 0.507. The smallest absolute Gasteiger partial charge is 0.327 e. The molecule has 2 aromatic rings. The lowest BCUT2D eigenvalue weighted by Gasteiger charge is -2.38. The van der Waals surface area contributed by atoms with E-state index >= 15 is 0 Å². The summed E-state index contributed by atoms with van der Waals surface area (Å²) in [7, 11) is 2.90. The quantitative estimate of drug-likeness (QED) is 0.445. The molecule has 1 fully saturated rings. The number of piperazine rings is 1. The average molecular weight is 459 g/mol. The summed E-state index contributed by atoms with van der Waals surface area (Å²) in [5.41, 5.74) is 1.21. The fraction of sp³-hybridized carbons (Fsp3) is 0.333. The molecule has 2 aromatic carbocycles. The summed E-state index contributed by atoms with van der Waals surface area (Å²) in [5.74, 6) is 0.554. The van der Waals surface area contributed by atoms with E-state index in [1.165, 1.54) is 14.2 Å². The molecule has 170 valence electrons. The average Bonchev–Trinajstić information content (AvgIpc) is 2.83. The van der Waals surface area contributed by atoms with E-state index in [9.17, 15) is 9.59 Å². The maximum atomic E-state index is 13.1. The molecule has 1 aliphatic rings. The number of nitrogens with zero attached hydrogens (tertiary/aromatic N) is 2. The van der Waals surface area contributed by atoms with Crippen LogP contribution in [0.25, 0.3) is 0 Å². The lowest BCUT2D eigenvalue weighted by molar-refractivity contribution is -0.148. The number of hydrogen-bond acceptors (Lipinski definition) is 6. The fourth-order valence-corrected chi connectivity index (χ4v) is 3.95. The Hall–Kier alpha value is -3.03. The Morgan fingerprint density at radius 1 is 1.09 bits per heavy atom. The van der Waals surface area contributed by atoms with Gasteiger partial charge >= 0.3 is 5.97 Å². The first-order chi connectivity index (χ1) is 15.5. The number of carbonyl (C=O) groups excluding carboxylic acids is 2. The molecule has 1 saturated heterocycles. The predicted molar refractivity (Wildman–Crippen MR) is 122 cm³/mol. The van der Waals surface area contributed by atoms with Gasteiger partial charge in [0.15, 0.2) is 11.5 Å². The zero-order valence-electron chi connectivity index (χ0n) is 18.3. The molecular weight excluding hydrogens is 432 g/mol. The molecule has 7 nitrogen and oxygen atoms in total. The molecule has 8 heteroatoms. The molecule has 0 N–H and O–H groups in total. The largest absolute Gasteiger partial charge is 0.493 e. The van der Waals surface area contributed by atoms with Gasteiger partial charge in [0.25, 0.3) is 5.91 Å². The van der Waals surface area contributed by atoms with Gasteiger partial charge in [-0.15, -0.1) is 0 Å². The highest BCUT2D eigenvalue weighted by atomic mass is 35.5. The van der Waals surface area contributed by atoms with E-state index in [-0.39, 0.29) is 11.9 Å². The highest BCUT2D eigenvalue weighted by molar-refractivity contribution is 6.31. The number of ether oxygens (including phenoxy) is 3. The SMILES string of the molecule is C=CCOc1ccc(C(=O)N2CCN(C(C(=O)OC)c3ccccc3Cl)CC2)cc1OC. The zero-order valence-corrected chi connectivity index (χ0v) is 19.0. The van der Waals surface area contributed by atoms with E-state index in [0.717, 1.165) is 0 Å². The zero-order chi connectivity index (χ0) is 23.1. The highest BCUT2D eigenvalue weighted by Crippen LogP contribution is 2.31. The minimum absolute atomic E-state index is 0.106. The van der Waals surface area contributed by atoms with Gasteiger partial charge in [-0.05, 0) is 29.8 Å². The van der Waals surface area contributed by atoms with Crippen molar-refractivity contribution in [1.82, 2.24) is 9.80 Å². The van der Waals surface area contributed by atoms with Crippen LogP contribution in [-0.4, -0.2) is 68.7 Å². The number of methoxy groups -OCH3 is 2. The summed E-state index contributed by atoms with van der Waals surface area (Å²) in [6, 6.07) is 11.7. The second kappa shape index (κ2) is 11.0. The van der Waals surface area contributed by atoms with Gasteiger partial charge in [-0.3, -0.25) is 9.69 Å². The number of rotatable bonds is 8. The molecule has 0 saturated carbocycles. The van der Waals surface area contributed by atoms with Crippen LogP contribution in [0.2, 0.25) is 5.02 Å². The molecule has 1 amide bonds. The van der Waals surface area contributed by atoms with Crippen LogP contribution in [0, 0.1) is 0 Å². The third kappa shape index (κ3) is 5.23. The van der Waals surface area contributed by atoms with Crippen molar-refractivity contribution in [3.8, 4) is 11.5 Å². The normalized spacial score (nSPS) is 15.0. The number of benzene rings is 2. The van der Waals surface area contributed by atoms with Gasteiger partial charge in [0.1, 0.15) is 12.6 Å². The van der Waals surface area contributed by atoms with Crippen molar-refractivity contribution in [1.29, 1.82) is 0 Å². The monoisotopic (exact) mass is 458 g/mol. The van der Waals surface area contributed by atoms with Crippen molar-refractivity contribution in [3.63, 3.8) is 0 Å².